The van der Waals surface area contributed by atoms with Gasteiger partial charge in [-0.1, -0.05) is 12.1 Å². The van der Waals surface area contributed by atoms with Crippen LogP contribution in [0.3, 0.4) is 0 Å². The molecule has 116 valence electrons. The van der Waals surface area contributed by atoms with Crippen LogP contribution in [0.25, 0.3) is 0 Å². The molecule has 2 aromatic carbocycles. The van der Waals surface area contributed by atoms with Crippen molar-refractivity contribution < 1.29 is 24.2 Å². The molecule has 1 heterocycles. The lowest BCUT2D eigenvalue weighted by Crippen LogP contribution is -2.29. The van der Waals surface area contributed by atoms with Crippen molar-refractivity contribution >= 4 is 23.5 Å². The number of anilines is 1. The van der Waals surface area contributed by atoms with Crippen molar-refractivity contribution in [1.82, 2.24) is 0 Å². The standard InChI is InChI=1S/C17H13NO5/c19-9-10-23-17(22)11-5-7-12(8-6-11)18-15(20)13-3-1-2-4-14(13)16(18)21/h1-8,19H,9-10H2. The number of amides is 2. The molecule has 0 spiro atoms. The highest BCUT2D eigenvalue weighted by atomic mass is 16.5. The molecule has 6 nitrogen and oxygen atoms in total. The predicted molar refractivity (Wildman–Crippen MR) is 81.4 cm³/mol. The number of nitrogens with zero attached hydrogens (tertiary/aromatic N) is 1. The van der Waals surface area contributed by atoms with Crippen LogP contribution in [-0.2, 0) is 4.74 Å². The highest BCUT2D eigenvalue weighted by Gasteiger charge is 2.36. The molecule has 0 unspecified atom stereocenters. The molecule has 0 bridgehead atoms. The maximum Gasteiger partial charge on any atom is 0.338 e. The number of hydrogen-bond acceptors (Lipinski definition) is 5. The Kier molecular flexibility index (Phi) is 3.91. The zero-order valence-corrected chi connectivity index (χ0v) is 12.1. The summed E-state index contributed by atoms with van der Waals surface area (Å²) in [6.45, 7) is -0.335. The van der Waals surface area contributed by atoms with Gasteiger partial charge in [0.05, 0.1) is 29.0 Å². The van der Waals surface area contributed by atoms with Gasteiger partial charge in [0.25, 0.3) is 11.8 Å². The van der Waals surface area contributed by atoms with E-state index in [9.17, 15) is 14.4 Å². The second-order valence-corrected chi connectivity index (χ2v) is 4.90. The zero-order valence-electron chi connectivity index (χ0n) is 12.1. The minimum absolute atomic E-state index is 0.0843. The Morgan fingerprint density at radius 1 is 0.957 bits per heavy atom. The largest absolute Gasteiger partial charge is 0.460 e. The lowest BCUT2D eigenvalue weighted by Gasteiger charge is -2.14. The Morgan fingerprint density at radius 3 is 2.04 bits per heavy atom. The van der Waals surface area contributed by atoms with Crippen molar-refractivity contribution in [1.29, 1.82) is 0 Å². The fourth-order valence-electron chi connectivity index (χ4n) is 2.39. The number of benzene rings is 2. The van der Waals surface area contributed by atoms with Gasteiger partial charge < -0.3 is 9.84 Å². The highest BCUT2D eigenvalue weighted by Crippen LogP contribution is 2.28. The maximum absolute atomic E-state index is 12.4. The lowest BCUT2D eigenvalue weighted by atomic mass is 10.1. The molecule has 0 saturated heterocycles. The molecule has 1 N–H and O–H groups in total. The number of aliphatic hydroxyl groups excluding tert-OH is 1. The molecule has 1 aliphatic heterocycles. The number of hydrogen-bond donors (Lipinski definition) is 1. The number of esters is 1. The lowest BCUT2D eigenvalue weighted by molar-refractivity contribution is 0.0433. The Labute approximate surface area is 131 Å². The first kappa shape index (κ1) is 14.9. The molecule has 1 aliphatic rings. The molecule has 0 radical (unpaired) electrons. The Morgan fingerprint density at radius 2 is 1.52 bits per heavy atom. The average molecular weight is 311 g/mol. The first-order valence-corrected chi connectivity index (χ1v) is 6.99. The summed E-state index contributed by atoms with van der Waals surface area (Å²) in [5.41, 5.74) is 1.39. The third-order valence-electron chi connectivity index (χ3n) is 3.48. The van der Waals surface area contributed by atoms with Gasteiger partial charge in [-0.25, -0.2) is 9.69 Å². The van der Waals surface area contributed by atoms with Gasteiger partial charge in [0.15, 0.2) is 0 Å². The van der Waals surface area contributed by atoms with E-state index < -0.39 is 5.97 Å². The summed E-state index contributed by atoms with van der Waals surface area (Å²) in [6, 6.07) is 12.6. The molecule has 3 rings (SSSR count). The van der Waals surface area contributed by atoms with E-state index in [1.54, 1.807) is 24.3 Å². The molecule has 23 heavy (non-hydrogen) atoms. The second-order valence-electron chi connectivity index (χ2n) is 4.90. The molecule has 0 saturated carbocycles. The summed E-state index contributed by atoms with van der Waals surface area (Å²) in [7, 11) is 0. The Balaban J connectivity index is 1.85. The van der Waals surface area contributed by atoms with Gasteiger partial charge in [-0.05, 0) is 36.4 Å². The zero-order chi connectivity index (χ0) is 16.4. The quantitative estimate of drug-likeness (QED) is 0.685. The summed E-state index contributed by atoms with van der Waals surface area (Å²) < 4.78 is 4.80. The van der Waals surface area contributed by atoms with E-state index in [-0.39, 0.29) is 30.6 Å². The first-order chi connectivity index (χ1) is 11.1. The average Bonchev–Trinajstić information content (AvgIpc) is 2.84. The van der Waals surface area contributed by atoms with Crippen LogP contribution in [0.1, 0.15) is 31.1 Å². The summed E-state index contributed by atoms with van der Waals surface area (Å²) in [6.07, 6.45) is 0. The normalized spacial score (nSPS) is 13.2. The van der Waals surface area contributed by atoms with Gasteiger partial charge in [-0.3, -0.25) is 9.59 Å². The van der Waals surface area contributed by atoms with E-state index >= 15 is 0 Å². The highest BCUT2D eigenvalue weighted by molar-refractivity contribution is 6.34. The molecule has 2 aromatic rings. The van der Waals surface area contributed by atoms with Crippen LogP contribution in [-0.4, -0.2) is 36.1 Å². The number of ether oxygens (including phenoxy) is 1. The molecule has 0 fully saturated rings. The maximum atomic E-state index is 12.4. The van der Waals surface area contributed by atoms with Crippen LogP contribution >= 0.6 is 0 Å². The summed E-state index contributed by atoms with van der Waals surface area (Å²) >= 11 is 0. The molecule has 0 aromatic heterocycles. The molecule has 2 amide bonds. The Hall–Kier alpha value is -2.99. The van der Waals surface area contributed by atoms with Gasteiger partial charge in [-0.2, -0.15) is 0 Å². The van der Waals surface area contributed by atoms with Crippen molar-refractivity contribution in [3.63, 3.8) is 0 Å². The Bertz CT molecular complexity index is 747. The van der Waals surface area contributed by atoms with E-state index in [0.717, 1.165) is 4.90 Å². The van der Waals surface area contributed by atoms with Crippen molar-refractivity contribution in [2.45, 2.75) is 0 Å². The molecule has 0 aliphatic carbocycles. The predicted octanol–water partition coefficient (Wildman–Crippen LogP) is 1.64. The number of imide groups is 1. The van der Waals surface area contributed by atoms with Crippen LogP contribution in [0, 0.1) is 0 Å². The number of carbonyl (C=O) groups is 3. The van der Waals surface area contributed by atoms with Gasteiger partial charge in [0, 0.05) is 0 Å². The topological polar surface area (TPSA) is 83.9 Å². The van der Waals surface area contributed by atoms with Crippen molar-refractivity contribution in [3.8, 4) is 0 Å². The number of aliphatic hydroxyl groups is 1. The van der Waals surface area contributed by atoms with Gasteiger partial charge >= 0.3 is 5.97 Å². The molecule has 0 atom stereocenters. The molecular weight excluding hydrogens is 298 g/mol. The smallest absolute Gasteiger partial charge is 0.338 e. The third-order valence-corrected chi connectivity index (χ3v) is 3.48. The van der Waals surface area contributed by atoms with Crippen LogP contribution in [0.2, 0.25) is 0 Å². The summed E-state index contributed by atoms with van der Waals surface area (Å²) in [4.78, 5) is 37.4. The van der Waals surface area contributed by atoms with E-state index in [1.165, 1.54) is 24.3 Å². The SMILES string of the molecule is O=C(OCCO)c1ccc(N2C(=O)c3ccccc3C2=O)cc1. The van der Waals surface area contributed by atoms with Gasteiger partial charge in [-0.15, -0.1) is 0 Å². The van der Waals surface area contributed by atoms with Crippen molar-refractivity contribution in [2.75, 3.05) is 18.1 Å². The van der Waals surface area contributed by atoms with E-state index in [1.807, 2.05) is 0 Å². The molecular formula is C17H13NO5. The van der Waals surface area contributed by atoms with Crippen molar-refractivity contribution in [2.24, 2.45) is 0 Å². The third kappa shape index (κ3) is 2.60. The van der Waals surface area contributed by atoms with Crippen molar-refractivity contribution in [3.05, 3.63) is 65.2 Å². The number of carbonyl (C=O) groups excluding carboxylic acids is 3. The molecule has 6 heteroatoms. The monoisotopic (exact) mass is 311 g/mol. The number of fused-ring (bicyclic) bond motifs is 1. The minimum atomic E-state index is -0.576. The number of rotatable bonds is 4. The van der Waals surface area contributed by atoms with E-state index in [0.29, 0.717) is 16.8 Å². The minimum Gasteiger partial charge on any atom is -0.460 e. The van der Waals surface area contributed by atoms with Gasteiger partial charge in [0.1, 0.15) is 6.61 Å². The second kappa shape index (κ2) is 6.02. The summed E-state index contributed by atoms with van der Waals surface area (Å²) in [5.74, 6) is -1.35. The van der Waals surface area contributed by atoms with E-state index in [2.05, 4.69) is 0 Å². The summed E-state index contributed by atoms with van der Waals surface area (Å²) in [5, 5.41) is 8.64. The van der Waals surface area contributed by atoms with Gasteiger partial charge in [0.2, 0.25) is 0 Å². The van der Waals surface area contributed by atoms with Crippen LogP contribution < -0.4 is 4.90 Å². The van der Waals surface area contributed by atoms with Crippen LogP contribution in [0.4, 0.5) is 5.69 Å². The van der Waals surface area contributed by atoms with E-state index in [4.69, 9.17) is 9.84 Å². The fraction of sp³-hybridized carbons (Fsp3) is 0.118. The van der Waals surface area contributed by atoms with Crippen LogP contribution in [0.5, 0.6) is 0 Å². The fourth-order valence-corrected chi connectivity index (χ4v) is 2.39. The van der Waals surface area contributed by atoms with Crippen LogP contribution in [0.15, 0.2) is 48.5 Å². The first-order valence-electron chi connectivity index (χ1n) is 6.99.